The van der Waals surface area contributed by atoms with Gasteiger partial charge >= 0.3 is 5.76 Å². The molecule has 0 N–H and O–H groups in total. The summed E-state index contributed by atoms with van der Waals surface area (Å²) in [5.74, 6) is -0.0172. The molecule has 0 fully saturated rings. The number of hydrogen-bond donors (Lipinski definition) is 0. The zero-order valence-corrected chi connectivity index (χ0v) is 14.6. The molecule has 3 heterocycles. The third-order valence-electron chi connectivity index (χ3n) is 4.07. The molecule has 3 aromatic heterocycles. The first-order chi connectivity index (χ1) is 12.7. The lowest BCUT2D eigenvalue weighted by atomic mass is 10.3. The molecule has 1 aromatic carbocycles. The summed E-state index contributed by atoms with van der Waals surface area (Å²) in [7, 11) is 0. The predicted octanol–water partition coefficient (Wildman–Crippen LogP) is 3.48. The number of carbonyl (C=O) groups excluding carboxylic acids is 1. The van der Waals surface area contributed by atoms with Crippen molar-refractivity contribution in [2.45, 2.75) is 19.6 Å². The fourth-order valence-electron chi connectivity index (χ4n) is 2.81. The molecule has 4 rings (SSSR count). The van der Waals surface area contributed by atoms with Crippen LogP contribution >= 0.6 is 11.3 Å². The molecule has 0 spiro atoms. The first-order valence-corrected chi connectivity index (χ1v) is 8.99. The zero-order chi connectivity index (χ0) is 17.9. The summed E-state index contributed by atoms with van der Waals surface area (Å²) in [5, 5.41) is 1.97. The maximum atomic E-state index is 12.9. The number of oxazole rings is 1. The molecular weight excluding hydrogens is 352 g/mol. The average molecular weight is 368 g/mol. The van der Waals surface area contributed by atoms with Crippen LogP contribution in [0.15, 0.2) is 73.8 Å². The number of rotatable bonds is 6. The monoisotopic (exact) mass is 368 g/mol. The lowest BCUT2D eigenvalue weighted by Crippen LogP contribution is -2.34. The van der Waals surface area contributed by atoms with E-state index in [1.54, 1.807) is 46.8 Å². The minimum Gasteiger partial charge on any atom is -0.467 e. The van der Waals surface area contributed by atoms with E-state index >= 15 is 0 Å². The minimum atomic E-state index is -0.534. The van der Waals surface area contributed by atoms with E-state index in [0.717, 1.165) is 4.88 Å². The van der Waals surface area contributed by atoms with Gasteiger partial charge in [-0.2, -0.15) is 0 Å². The number of hydrogen-bond acceptors (Lipinski definition) is 5. The Bertz CT molecular complexity index is 1020. The summed E-state index contributed by atoms with van der Waals surface area (Å²) >= 11 is 1.58. The molecule has 0 aliphatic carbocycles. The predicted molar refractivity (Wildman–Crippen MR) is 97.8 cm³/mol. The Morgan fingerprint density at radius 1 is 1.08 bits per heavy atom. The second kappa shape index (κ2) is 7.05. The first-order valence-electron chi connectivity index (χ1n) is 8.11. The second-order valence-electron chi connectivity index (χ2n) is 5.83. The van der Waals surface area contributed by atoms with Crippen molar-refractivity contribution >= 4 is 28.3 Å². The number of furan rings is 1. The van der Waals surface area contributed by atoms with Crippen molar-refractivity contribution in [3.63, 3.8) is 0 Å². The maximum absolute atomic E-state index is 12.9. The van der Waals surface area contributed by atoms with Crippen LogP contribution in [0.3, 0.4) is 0 Å². The van der Waals surface area contributed by atoms with E-state index < -0.39 is 5.76 Å². The second-order valence-corrected chi connectivity index (χ2v) is 6.86. The van der Waals surface area contributed by atoms with E-state index in [9.17, 15) is 9.59 Å². The van der Waals surface area contributed by atoms with E-state index in [-0.39, 0.29) is 12.5 Å². The van der Waals surface area contributed by atoms with Crippen LogP contribution < -0.4 is 5.76 Å². The van der Waals surface area contributed by atoms with Crippen molar-refractivity contribution in [2.24, 2.45) is 0 Å². The molecule has 7 heteroatoms. The van der Waals surface area contributed by atoms with Gasteiger partial charge < -0.3 is 13.7 Å². The summed E-state index contributed by atoms with van der Waals surface area (Å²) in [6.07, 6.45) is 1.58. The van der Waals surface area contributed by atoms with Gasteiger partial charge in [0.25, 0.3) is 0 Å². The Labute approximate surface area is 152 Å². The summed E-state index contributed by atoms with van der Waals surface area (Å²) < 4.78 is 12.0. The van der Waals surface area contributed by atoms with E-state index in [1.165, 1.54) is 4.57 Å². The molecule has 132 valence electrons. The van der Waals surface area contributed by atoms with Crippen LogP contribution in [0, 0.1) is 0 Å². The zero-order valence-electron chi connectivity index (χ0n) is 13.8. The van der Waals surface area contributed by atoms with Crippen LogP contribution in [0.2, 0.25) is 0 Å². The fraction of sp³-hybridized carbons (Fsp3) is 0.158. The van der Waals surface area contributed by atoms with Crippen LogP contribution in [-0.2, 0) is 24.4 Å². The van der Waals surface area contributed by atoms with Crippen molar-refractivity contribution < 1.29 is 13.6 Å². The molecule has 26 heavy (non-hydrogen) atoms. The van der Waals surface area contributed by atoms with Crippen molar-refractivity contribution in [3.05, 3.63) is 81.4 Å². The summed E-state index contributed by atoms with van der Waals surface area (Å²) in [5.41, 5.74) is 1.08. The number of fused-ring (bicyclic) bond motifs is 1. The average Bonchev–Trinajstić information content (AvgIpc) is 3.37. The Balaban J connectivity index is 1.60. The van der Waals surface area contributed by atoms with Gasteiger partial charge in [0.15, 0.2) is 5.58 Å². The molecular formula is C19H16N2O4S. The van der Waals surface area contributed by atoms with Crippen molar-refractivity contribution in [3.8, 4) is 0 Å². The van der Waals surface area contributed by atoms with Crippen molar-refractivity contribution in [1.82, 2.24) is 9.47 Å². The Hall–Kier alpha value is -3.06. The molecule has 0 radical (unpaired) electrons. The van der Waals surface area contributed by atoms with Crippen LogP contribution in [-0.4, -0.2) is 15.4 Å². The Kier molecular flexibility index (Phi) is 4.45. The number of nitrogens with zero attached hydrogens (tertiary/aromatic N) is 2. The molecule has 4 aromatic rings. The van der Waals surface area contributed by atoms with Crippen LogP contribution in [0.4, 0.5) is 0 Å². The smallest absolute Gasteiger partial charge is 0.420 e. The number of thiophene rings is 1. The SMILES string of the molecule is O=C(Cn1c(=O)oc2ccccc21)N(Cc1ccco1)Cc1cccs1. The lowest BCUT2D eigenvalue weighted by Gasteiger charge is -2.21. The number of benzene rings is 1. The van der Waals surface area contributed by atoms with Gasteiger partial charge in [-0.3, -0.25) is 9.36 Å². The Morgan fingerprint density at radius 3 is 2.73 bits per heavy atom. The van der Waals surface area contributed by atoms with Crippen LogP contribution in [0.5, 0.6) is 0 Å². The van der Waals surface area contributed by atoms with Gasteiger partial charge in [-0.1, -0.05) is 18.2 Å². The molecule has 0 saturated heterocycles. The number of aromatic nitrogens is 1. The third kappa shape index (κ3) is 3.34. The first kappa shape index (κ1) is 16.4. The third-order valence-corrected chi connectivity index (χ3v) is 4.93. The molecule has 0 bridgehead atoms. The van der Waals surface area contributed by atoms with Gasteiger partial charge in [-0.25, -0.2) is 4.79 Å². The minimum absolute atomic E-state index is 0.0814. The highest BCUT2D eigenvalue weighted by Crippen LogP contribution is 2.17. The molecule has 1 amide bonds. The molecule has 0 atom stereocenters. The topological polar surface area (TPSA) is 68.6 Å². The van der Waals surface area contributed by atoms with E-state index in [1.807, 2.05) is 29.6 Å². The van der Waals surface area contributed by atoms with Gasteiger partial charge in [0.2, 0.25) is 5.91 Å². The van der Waals surface area contributed by atoms with Gasteiger partial charge in [0.05, 0.1) is 24.9 Å². The number of amides is 1. The normalized spacial score (nSPS) is 11.1. The molecule has 0 unspecified atom stereocenters. The van der Waals surface area contributed by atoms with Crippen LogP contribution in [0.1, 0.15) is 10.6 Å². The standard InChI is InChI=1S/C19H16N2O4S/c22-18(13-21-16-7-1-2-8-17(16)25-19(21)23)20(11-14-5-3-9-24-14)12-15-6-4-10-26-15/h1-10H,11-13H2. The Morgan fingerprint density at radius 2 is 1.96 bits per heavy atom. The number of para-hydroxylation sites is 2. The van der Waals surface area contributed by atoms with Gasteiger partial charge in [0, 0.05) is 4.88 Å². The van der Waals surface area contributed by atoms with E-state index in [0.29, 0.717) is 29.9 Å². The summed E-state index contributed by atoms with van der Waals surface area (Å²) in [4.78, 5) is 27.8. The van der Waals surface area contributed by atoms with E-state index in [4.69, 9.17) is 8.83 Å². The molecule has 0 aliphatic heterocycles. The largest absolute Gasteiger partial charge is 0.467 e. The van der Waals surface area contributed by atoms with Crippen molar-refractivity contribution in [2.75, 3.05) is 0 Å². The van der Waals surface area contributed by atoms with Crippen LogP contribution in [0.25, 0.3) is 11.1 Å². The van der Waals surface area contributed by atoms with Gasteiger partial charge in [0.1, 0.15) is 12.3 Å². The fourth-order valence-corrected chi connectivity index (χ4v) is 3.53. The van der Waals surface area contributed by atoms with Crippen molar-refractivity contribution in [1.29, 1.82) is 0 Å². The van der Waals surface area contributed by atoms with Gasteiger partial charge in [-0.05, 0) is 35.7 Å². The quantitative estimate of drug-likeness (QED) is 0.522. The number of carbonyl (C=O) groups is 1. The highest BCUT2D eigenvalue weighted by atomic mass is 32.1. The summed E-state index contributed by atoms with van der Waals surface area (Å²) in [6.45, 7) is 0.720. The highest BCUT2D eigenvalue weighted by molar-refractivity contribution is 7.09. The molecule has 0 aliphatic rings. The molecule has 0 saturated carbocycles. The van der Waals surface area contributed by atoms with Gasteiger partial charge in [-0.15, -0.1) is 11.3 Å². The van der Waals surface area contributed by atoms with E-state index in [2.05, 4.69) is 0 Å². The highest BCUT2D eigenvalue weighted by Gasteiger charge is 2.20. The summed E-state index contributed by atoms with van der Waals surface area (Å²) in [6, 6.07) is 14.6. The molecule has 6 nitrogen and oxygen atoms in total. The lowest BCUT2D eigenvalue weighted by molar-refractivity contribution is -0.133. The maximum Gasteiger partial charge on any atom is 0.420 e.